The van der Waals surface area contributed by atoms with Gasteiger partial charge in [0.2, 0.25) is 11.8 Å². The first kappa shape index (κ1) is 13.9. The van der Waals surface area contributed by atoms with Crippen LogP contribution in [0.25, 0.3) is 0 Å². The van der Waals surface area contributed by atoms with Crippen LogP contribution in [0.15, 0.2) is 11.5 Å². The molecule has 21 heavy (non-hydrogen) atoms. The molecular weight excluding hydrogens is 270 g/mol. The normalized spacial score (nSPS) is 28.1. The minimum absolute atomic E-state index is 0.181. The Morgan fingerprint density at radius 2 is 2.24 bits per heavy atom. The van der Waals surface area contributed by atoms with E-state index in [-0.39, 0.29) is 5.88 Å². The van der Waals surface area contributed by atoms with Crippen LogP contribution in [0.2, 0.25) is 0 Å². The SMILES string of the molecule is COCc1[nH]nc2c1C1(CC[NH+](C)CC1)C(C#N)=C(N)O2. The van der Waals surface area contributed by atoms with Gasteiger partial charge in [-0.1, -0.05) is 0 Å². The van der Waals surface area contributed by atoms with Gasteiger partial charge in [0, 0.05) is 20.0 Å². The molecule has 0 unspecified atom stereocenters. The third kappa shape index (κ3) is 1.99. The zero-order chi connectivity index (χ0) is 15.0. The zero-order valence-corrected chi connectivity index (χ0v) is 12.3. The number of nitrogens with two attached hydrogens (primary N) is 1. The maximum atomic E-state index is 9.59. The lowest BCUT2D eigenvalue weighted by molar-refractivity contribution is -0.886. The Balaban J connectivity index is 2.15. The monoisotopic (exact) mass is 290 g/mol. The summed E-state index contributed by atoms with van der Waals surface area (Å²) in [6.45, 7) is 2.37. The van der Waals surface area contributed by atoms with Gasteiger partial charge in [-0.05, 0) is 0 Å². The molecule has 1 fully saturated rings. The van der Waals surface area contributed by atoms with E-state index in [0.29, 0.717) is 18.1 Å². The number of nitrogens with zero attached hydrogens (tertiary/aromatic N) is 2. The van der Waals surface area contributed by atoms with Crippen molar-refractivity contribution in [1.82, 2.24) is 10.2 Å². The van der Waals surface area contributed by atoms with Crippen LogP contribution < -0.4 is 15.4 Å². The second-order valence-corrected chi connectivity index (χ2v) is 5.81. The molecular formula is C14H20N5O2+. The van der Waals surface area contributed by atoms with Crippen molar-refractivity contribution < 1.29 is 14.4 Å². The van der Waals surface area contributed by atoms with Crippen molar-refractivity contribution >= 4 is 0 Å². The molecule has 3 rings (SSSR count). The summed E-state index contributed by atoms with van der Waals surface area (Å²) in [7, 11) is 3.80. The average molecular weight is 290 g/mol. The molecule has 2 aliphatic rings. The van der Waals surface area contributed by atoms with Crippen molar-refractivity contribution in [2.75, 3.05) is 27.2 Å². The first-order valence-electron chi connectivity index (χ1n) is 7.08. The number of aromatic nitrogens is 2. The highest BCUT2D eigenvalue weighted by Gasteiger charge is 2.49. The van der Waals surface area contributed by atoms with Crippen molar-refractivity contribution in [1.29, 1.82) is 5.26 Å². The van der Waals surface area contributed by atoms with Crippen molar-refractivity contribution in [3.05, 3.63) is 22.7 Å². The van der Waals surface area contributed by atoms with Gasteiger partial charge in [0.15, 0.2) is 0 Å². The predicted molar refractivity (Wildman–Crippen MR) is 74.3 cm³/mol. The smallest absolute Gasteiger partial charge is 0.244 e. The number of H-pyrrole nitrogens is 1. The van der Waals surface area contributed by atoms with Crippen LogP contribution in [0.3, 0.4) is 0 Å². The van der Waals surface area contributed by atoms with Gasteiger partial charge in [-0.3, -0.25) is 5.10 Å². The molecule has 1 aromatic heterocycles. The van der Waals surface area contributed by atoms with Gasteiger partial charge in [0.25, 0.3) is 0 Å². The van der Waals surface area contributed by atoms with Crippen LogP contribution in [0.4, 0.5) is 0 Å². The highest BCUT2D eigenvalue weighted by Crippen LogP contribution is 2.48. The van der Waals surface area contributed by atoms with Crippen LogP contribution in [-0.4, -0.2) is 37.4 Å². The van der Waals surface area contributed by atoms with E-state index in [2.05, 4.69) is 23.3 Å². The van der Waals surface area contributed by atoms with Crippen LogP contribution in [0.1, 0.15) is 24.1 Å². The number of fused-ring (bicyclic) bond motifs is 2. The fraction of sp³-hybridized carbons (Fsp3) is 0.571. The fourth-order valence-electron chi connectivity index (χ4n) is 3.46. The van der Waals surface area contributed by atoms with Gasteiger partial charge < -0.3 is 20.1 Å². The van der Waals surface area contributed by atoms with E-state index in [1.54, 1.807) is 7.11 Å². The highest BCUT2D eigenvalue weighted by molar-refractivity contribution is 5.54. The number of allylic oxidation sites excluding steroid dienone is 1. The number of aromatic amines is 1. The van der Waals surface area contributed by atoms with Gasteiger partial charge >= 0.3 is 0 Å². The topological polar surface area (TPSA) is 101 Å². The molecule has 1 saturated heterocycles. The lowest BCUT2D eigenvalue weighted by Crippen LogP contribution is -3.10. The van der Waals surface area contributed by atoms with Gasteiger partial charge in [0.05, 0.1) is 43.4 Å². The number of methoxy groups -OCH3 is 1. The van der Waals surface area contributed by atoms with E-state index in [4.69, 9.17) is 15.2 Å². The van der Waals surface area contributed by atoms with E-state index < -0.39 is 5.41 Å². The molecule has 7 heteroatoms. The third-order valence-corrected chi connectivity index (χ3v) is 4.58. The second-order valence-electron chi connectivity index (χ2n) is 5.81. The van der Waals surface area contributed by atoms with E-state index in [1.165, 1.54) is 4.90 Å². The standard InChI is InChI=1S/C14H19N5O2/c1-19-5-3-14(4-6-19)9(7-15)12(16)21-13-11(14)10(8-20-2)17-18-13/h3-6,8,16H2,1-2H3,(H,17,18)/p+1. The van der Waals surface area contributed by atoms with Gasteiger partial charge in [0.1, 0.15) is 11.6 Å². The molecule has 0 aromatic carbocycles. The summed E-state index contributed by atoms with van der Waals surface area (Å²) in [5.74, 6) is 0.665. The van der Waals surface area contributed by atoms with E-state index in [0.717, 1.165) is 37.2 Å². The number of hydrogen-bond acceptors (Lipinski definition) is 5. The van der Waals surface area contributed by atoms with Crippen LogP contribution in [0.5, 0.6) is 5.88 Å². The summed E-state index contributed by atoms with van der Waals surface area (Å²) >= 11 is 0. The number of ether oxygens (including phenoxy) is 2. The summed E-state index contributed by atoms with van der Waals surface area (Å²) in [4.78, 5) is 1.46. The summed E-state index contributed by atoms with van der Waals surface area (Å²) in [6.07, 6.45) is 1.71. The first-order valence-corrected chi connectivity index (χ1v) is 7.08. The number of piperidine rings is 1. The summed E-state index contributed by atoms with van der Waals surface area (Å²) in [5, 5.41) is 16.8. The summed E-state index contributed by atoms with van der Waals surface area (Å²) < 4.78 is 10.8. The van der Waals surface area contributed by atoms with Crippen molar-refractivity contribution in [3.8, 4) is 11.9 Å². The Bertz CT molecular complexity index is 620. The van der Waals surface area contributed by atoms with E-state index >= 15 is 0 Å². The largest absolute Gasteiger partial charge is 0.420 e. The molecule has 0 bridgehead atoms. The van der Waals surface area contributed by atoms with Crippen LogP contribution >= 0.6 is 0 Å². The Morgan fingerprint density at radius 1 is 1.52 bits per heavy atom. The number of quaternary nitrogens is 1. The number of nitriles is 1. The first-order chi connectivity index (χ1) is 10.1. The van der Waals surface area contributed by atoms with Crippen molar-refractivity contribution in [2.45, 2.75) is 24.9 Å². The minimum Gasteiger partial charge on any atom is -0.420 e. The number of rotatable bonds is 2. The number of hydrogen-bond donors (Lipinski definition) is 3. The molecule has 0 aliphatic carbocycles. The molecule has 1 spiro atoms. The van der Waals surface area contributed by atoms with Gasteiger partial charge in [-0.2, -0.15) is 5.26 Å². The highest BCUT2D eigenvalue weighted by atomic mass is 16.5. The van der Waals surface area contributed by atoms with Crippen molar-refractivity contribution in [2.24, 2.45) is 5.73 Å². The second kappa shape index (κ2) is 5.06. The van der Waals surface area contributed by atoms with Gasteiger partial charge in [-0.15, -0.1) is 5.10 Å². The number of likely N-dealkylation sites (tertiary alicyclic amines) is 1. The number of nitrogens with one attached hydrogen (secondary N) is 2. The van der Waals surface area contributed by atoms with E-state index in [1.807, 2.05) is 0 Å². The Morgan fingerprint density at radius 3 is 2.86 bits per heavy atom. The molecule has 0 amide bonds. The molecule has 3 heterocycles. The van der Waals surface area contributed by atoms with E-state index in [9.17, 15) is 5.26 Å². The molecule has 4 N–H and O–H groups in total. The lowest BCUT2D eigenvalue weighted by Gasteiger charge is -2.40. The molecule has 1 aromatic rings. The average Bonchev–Trinajstić information content (AvgIpc) is 2.86. The summed E-state index contributed by atoms with van der Waals surface area (Å²) in [6, 6.07) is 2.27. The van der Waals surface area contributed by atoms with Crippen LogP contribution in [0, 0.1) is 11.3 Å². The quantitative estimate of drug-likeness (QED) is 0.661. The Hall–Kier alpha value is -2.04. The van der Waals surface area contributed by atoms with Gasteiger partial charge in [-0.25, -0.2) is 0 Å². The Kier molecular flexibility index (Phi) is 3.35. The molecule has 0 radical (unpaired) electrons. The molecule has 2 aliphatic heterocycles. The molecule has 0 saturated carbocycles. The fourth-order valence-corrected chi connectivity index (χ4v) is 3.46. The third-order valence-electron chi connectivity index (χ3n) is 4.58. The molecule has 7 nitrogen and oxygen atoms in total. The lowest BCUT2D eigenvalue weighted by atomic mass is 9.67. The maximum absolute atomic E-state index is 9.59. The molecule has 0 atom stereocenters. The molecule has 112 valence electrons. The zero-order valence-electron chi connectivity index (χ0n) is 12.3. The predicted octanol–water partition coefficient (Wildman–Crippen LogP) is -0.811. The van der Waals surface area contributed by atoms with Crippen molar-refractivity contribution in [3.63, 3.8) is 0 Å². The minimum atomic E-state index is -0.396. The maximum Gasteiger partial charge on any atom is 0.244 e. The van der Waals surface area contributed by atoms with Crippen LogP contribution in [-0.2, 0) is 16.8 Å². The summed E-state index contributed by atoms with van der Waals surface area (Å²) in [5.41, 5.74) is 7.92. The Labute approximate surface area is 123 Å².